The van der Waals surface area contributed by atoms with E-state index in [9.17, 15) is 4.79 Å². The van der Waals surface area contributed by atoms with Crippen molar-refractivity contribution in [2.24, 2.45) is 0 Å². The summed E-state index contributed by atoms with van der Waals surface area (Å²) in [5.41, 5.74) is 0.931. The number of ether oxygens (including phenoxy) is 1. The fourth-order valence-electron chi connectivity index (χ4n) is 7.00. The van der Waals surface area contributed by atoms with Crippen molar-refractivity contribution in [1.29, 1.82) is 0 Å². The first-order valence-corrected chi connectivity index (χ1v) is 15.2. The van der Waals surface area contributed by atoms with Gasteiger partial charge in [-0.25, -0.2) is 0 Å². The number of methoxy groups -OCH3 is 1. The van der Waals surface area contributed by atoms with Gasteiger partial charge in [0, 0.05) is 0 Å². The first kappa shape index (κ1) is 24.1. The molecule has 6 rings (SSSR count). The van der Waals surface area contributed by atoms with Crippen molar-refractivity contribution in [3.63, 3.8) is 0 Å². The second kappa shape index (κ2) is 8.38. The Balaban J connectivity index is 1.72. The number of carbonyl (C=O) groups excluding carboxylic acids is 1. The molecular weight excluding hydrogens is 475 g/mol. The Morgan fingerprint density at radius 1 is 0.730 bits per heavy atom. The van der Waals surface area contributed by atoms with Crippen LogP contribution in [0, 0.1) is 0 Å². The zero-order valence-corrected chi connectivity index (χ0v) is 22.5. The monoisotopic (exact) mass is 508 g/mol. The predicted molar refractivity (Wildman–Crippen MR) is 152 cm³/mol. The number of rotatable bonds is 6. The van der Waals surface area contributed by atoms with Gasteiger partial charge in [-0.3, -0.25) is 0 Å². The number of carbonyl (C=O) groups is 1. The van der Waals surface area contributed by atoms with E-state index in [0.717, 1.165) is 34.3 Å². The molecule has 0 N–H and O–H groups in total. The van der Waals surface area contributed by atoms with Crippen LogP contribution in [-0.4, -0.2) is 18.2 Å². The Morgan fingerprint density at radius 3 is 1.51 bits per heavy atom. The molecule has 2 fully saturated rings. The van der Waals surface area contributed by atoms with Crippen LogP contribution in [0.5, 0.6) is 0 Å². The normalized spacial score (nSPS) is 23.4. The Morgan fingerprint density at radius 2 is 1.16 bits per heavy atom. The molecule has 1 atom stereocenters. The quantitative estimate of drug-likeness (QED) is 0.230. The van der Waals surface area contributed by atoms with Gasteiger partial charge in [0.15, 0.2) is 0 Å². The summed E-state index contributed by atoms with van der Waals surface area (Å²) in [7, 11) is 1.48. The third-order valence-corrected chi connectivity index (χ3v) is 15.6. The summed E-state index contributed by atoms with van der Waals surface area (Å²) in [5, 5.41) is 3.01. The van der Waals surface area contributed by atoms with Crippen LogP contribution >= 0.6 is 6.83 Å². The molecule has 4 aromatic rings. The van der Waals surface area contributed by atoms with E-state index >= 15 is 0 Å². The Kier molecular flexibility index (Phi) is 5.46. The van der Waals surface area contributed by atoms with Crippen molar-refractivity contribution in [3.8, 4) is 0 Å². The molecule has 1 aliphatic carbocycles. The van der Waals surface area contributed by atoms with Gasteiger partial charge in [0.1, 0.15) is 0 Å². The molecule has 4 heteroatoms. The van der Waals surface area contributed by atoms with E-state index in [-0.39, 0.29) is 5.97 Å². The SMILES string of the molecule is COC(=O)C1(c2ccc(C(C)C)cc2)OP(c2ccccc2)(c2ccccc2)(c2ccccc2)C12CC2. The van der Waals surface area contributed by atoms with E-state index in [1.54, 1.807) is 0 Å². The van der Waals surface area contributed by atoms with Gasteiger partial charge >= 0.3 is 220 Å². The van der Waals surface area contributed by atoms with E-state index in [1.807, 2.05) is 18.2 Å². The maximum absolute atomic E-state index is 14.0. The molecule has 0 radical (unpaired) electrons. The van der Waals surface area contributed by atoms with Crippen LogP contribution in [0.1, 0.15) is 43.7 Å². The van der Waals surface area contributed by atoms with Crippen molar-refractivity contribution in [1.82, 2.24) is 0 Å². The average molecular weight is 509 g/mol. The van der Waals surface area contributed by atoms with Crippen LogP contribution in [0.25, 0.3) is 0 Å². The number of hydrogen-bond acceptors (Lipinski definition) is 3. The summed E-state index contributed by atoms with van der Waals surface area (Å²) in [6.45, 7) is 0.759. The number of benzene rings is 4. The number of esters is 1. The molecule has 37 heavy (non-hydrogen) atoms. The van der Waals surface area contributed by atoms with Crippen molar-refractivity contribution in [3.05, 3.63) is 126 Å². The standard InChI is InChI=1S/C33H33O3P/c1-25(2)26-19-21-27(22-20-26)33(31(34)35-3)32(23-24-32)37(36-33,28-13-7-4-8-14-28,29-15-9-5-10-16-29)30-17-11-6-12-18-30/h4-22,25H,23-24H2,1-3H3. The second-order valence-electron chi connectivity index (χ2n) is 10.6. The van der Waals surface area contributed by atoms with Crippen molar-refractivity contribution < 1.29 is 14.1 Å². The van der Waals surface area contributed by atoms with Crippen molar-refractivity contribution >= 4 is 28.7 Å². The average Bonchev–Trinajstić information content (AvgIpc) is 3.80. The fraction of sp³-hybridized carbons (Fsp3) is 0.242. The Labute approximate surface area is 219 Å². The molecule has 0 aromatic heterocycles. The van der Waals surface area contributed by atoms with Gasteiger partial charge in [-0.05, 0) is 0 Å². The van der Waals surface area contributed by atoms with E-state index < -0.39 is 17.6 Å². The van der Waals surface area contributed by atoms with Gasteiger partial charge in [0.25, 0.3) is 0 Å². The second-order valence-corrected chi connectivity index (χ2v) is 15.3. The summed E-state index contributed by atoms with van der Waals surface area (Å²) < 4.78 is 13.2. The summed E-state index contributed by atoms with van der Waals surface area (Å²) in [4.78, 5) is 14.0. The van der Waals surface area contributed by atoms with Crippen LogP contribution in [0.3, 0.4) is 0 Å². The first-order valence-electron chi connectivity index (χ1n) is 13.1. The maximum atomic E-state index is 14.0. The minimum absolute atomic E-state index is 0.314. The predicted octanol–water partition coefficient (Wildman–Crippen LogP) is 6.19. The molecule has 3 nitrogen and oxygen atoms in total. The van der Waals surface area contributed by atoms with Gasteiger partial charge in [-0.15, -0.1) is 0 Å². The van der Waals surface area contributed by atoms with E-state index in [2.05, 4.69) is 111 Å². The molecule has 0 bridgehead atoms. The van der Waals surface area contributed by atoms with Crippen LogP contribution in [0.4, 0.5) is 0 Å². The Bertz CT molecular complexity index is 1330. The third kappa shape index (κ3) is 2.77. The van der Waals surface area contributed by atoms with Crippen molar-refractivity contribution in [2.45, 2.75) is 43.4 Å². The minimum atomic E-state index is -3.60. The van der Waals surface area contributed by atoms with Gasteiger partial charge in [0.2, 0.25) is 0 Å². The Hall–Kier alpha value is -3.26. The molecular formula is C33H33O3P. The van der Waals surface area contributed by atoms with E-state index in [0.29, 0.717) is 5.92 Å². The van der Waals surface area contributed by atoms with Gasteiger partial charge in [-0.2, -0.15) is 0 Å². The molecule has 4 aromatic carbocycles. The van der Waals surface area contributed by atoms with Crippen LogP contribution in [0.15, 0.2) is 115 Å². The molecule has 1 unspecified atom stereocenters. The molecule has 1 spiro atoms. The zero-order valence-electron chi connectivity index (χ0n) is 21.6. The van der Waals surface area contributed by atoms with Crippen molar-refractivity contribution in [2.75, 3.05) is 7.11 Å². The summed E-state index contributed by atoms with van der Waals surface area (Å²) >= 11 is 0. The van der Waals surface area contributed by atoms with Crippen LogP contribution < -0.4 is 15.9 Å². The van der Waals surface area contributed by atoms with Gasteiger partial charge in [-0.1, -0.05) is 0 Å². The van der Waals surface area contributed by atoms with Gasteiger partial charge < -0.3 is 0 Å². The molecule has 1 heterocycles. The van der Waals surface area contributed by atoms with Crippen LogP contribution in [0.2, 0.25) is 0 Å². The molecule has 0 amide bonds. The molecule has 188 valence electrons. The summed E-state index contributed by atoms with van der Waals surface area (Å²) in [6, 6.07) is 40.3. The summed E-state index contributed by atoms with van der Waals surface area (Å²) in [5.74, 6) is 0.0860. The molecule has 1 aliphatic heterocycles. The molecule has 1 saturated carbocycles. The third-order valence-electron chi connectivity index (χ3n) is 8.72. The van der Waals surface area contributed by atoms with Gasteiger partial charge in [0.05, 0.1) is 0 Å². The topological polar surface area (TPSA) is 35.5 Å². The molecule has 1 saturated heterocycles. The zero-order chi connectivity index (χ0) is 25.8. The van der Waals surface area contributed by atoms with E-state index in [1.165, 1.54) is 12.7 Å². The van der Waals surface area contributed by atoms with Crippen LogP contribution in [-0.2, 0) is 19.7 Å². The summed E-state index contributed by atoms with van der Waals surface area (Å²) in [6.07, 6.45) is 1.76. The fourth-order valence-corrected chi connectivity index (χ4v) is 14.7. The molecule has 2 aliphatic rings. The first-order chi connectivity index (χ1) is 18.0. The van der Waals surface area contributed by atoms with E-state index in [4.69, 9.17) is 9.26 Å². The number of hydrogen-bond donors (Lipinski definition) is 0.